The SMILES string of the molecule is CCC(CNC)NC(=O)c1ccc(-c2cccc(CN3OC(CO)C(CC)C3C(N)=O)c2)cc1. The van der Waals surface area contributed by atoms with Crippen LogP contribution < -0.4 is 16.4 Å². The Hall–Kier alpha value is -2.78. The molecule has 0 aliphatic carbocycles. The second-order valence-corrected chi connectivity index (χ2v) is 8.73. The molecule has 5 N–H and O–H groups in total. The Bertz CT molecular complexity index is 966. The molecule has 8 heteroatoms. The van der Waals surface area contributed by atoms with Gasteiger partial charge in [0.2, 0.25) is 5.91 Å². The van der Waals surface area contributed by atoms with Crippen LogP contribution in [0.15, 0.2) is 48.5 Å². The van der Waals surface area contributed by atoms with E-state index in [4.69, 9.17) is 10.6 Å². The van der Waals surface area contributed by atoms with Crippen LogP contribution >= 0.6 is 0 Å². The molecule has 2 aromatic rings. The Labute approximate surface area is 201 Å². The van der Waals surface area contributed by atoms with Crippen LogP contribution in [0.25, 0.3) is 11.1 Å². The third-order valence-electron chi connectivity index (χ3n) is 6.43. The van der Waals surface area contributed by atoms with Crippen LogP contribution in [0, 0.1) is 5.92 Å². The van der Waals surface area contributed by atoms with Crippen LogP contribution in [-0.2, 0) is 16.2 Å². The molecule has 1 heterocycles. The lowest BCUT2D eigenvalue weighted by molar-refractivity contribution is -0.180. The lowest BCUT2D eigenvalue weighted by atomic mass is 9.92. The number of hydrogen-bond donors (Lipinski definition) is 4. The van der Waals surface area contributed by atoms with Gasteiger partial charge in [0.25, 0.3) is 5.91 Å². The van der Waals surface area contributed by atoms with Crippen LogP contribution in [0.2, 0.25) is 0 Å². The average molecular weight is 469 g/mol. The zero-order chi connectivity index (χ0) is 24.7. The smallest absolute Gasteiger partial charge is 0.251 e. The molecule has 2 aromatic carbocycles. The second-order valence-electron chi connectivity index (χ2n) is 8.73. The molecule has 1 fully saturated rings. The topological polar surface area (TPSA) is 117 Å². The number of aliphatic hydroxyl groups is 1. The minimum atomic E-state index is -0.585. The van der Waals surface area contributed by atoms with E-state index in [0.29, 0.717) is 18.5 Å². The molecule has 3 rings (SSSR count). The van der Waals surface area contributed by atoms with Crippen molar-refractivity contribution < 1.29 is 19.5 Å². The number of benzene rings is 2. The number of likely N-dealkylation sites (N-methyl/N-ethyl adjacent to an activating group) is 1. The van der Waals surface area contributed by atoms with E-state index in [2.05, 4.69) is 10.6 Å². The first-order chi connectivity index (χ1) is 16.4. The highest BCUT2D eigenvalue weighted by atomic mass is 16.7. The summed E-state index contributed by atoms with van der Waals surface area (Å²) in [5.74, 6) is -0.687. The van der Waals surface area contributed by atoms with E-state index in [1.807, 2.05) is 69.4 Å². The largest absolute Gasteiger partial charge is 0.394 e. The van der Waals surface area contributed by atoms with Gasteiger partial charge in [-0.2, -0.15) is 5.06 Å². The van der Waals surface area contributed by atoms with E-state index in [1.165, 1.54) is 0 Å². The molecule has 1 aliphatic rings. The van der Waals surface area contributed by atoms with Gasteiger partial charge in [0, 0.05) is 24.1 Å². The van der Waals surface area contributed by atoms with Gasteiger partial charge < -0.3 is 21.5 Å². The second kappa shape index (κ2) is 12.1. The highest BCUT2D eigenvalue weighted by Gasteiger charge is 2.45. The van der Waals surface area contributed by atoms with Crippen LogP contribution in [-0.4, -0.2) is 60.4 Å². The predicted octanol–water partition coefficient (Wildman–Crippen LogP) is 2.07. The van der Waals surface area contributed by atoms with Gasteiger partial charge in [0.05, 0.1) is 13.2 Å². The van der Waals surface area contributed by atoms with E-state index < -0.39 is 18.1 Å². The molecule has 0 saturated carbocycles. The molecule has 34 heavy (non-hydrogen) atoms. The van der Waals surface area contributed by atoms with Crippen LogP contribution in [0.3, 0.4) is 0 Å². The summed E-state index contributed by atoms with van der Waals surface area (Å²) < 4.78 is 0. The molecule has 8 nitrogen and oxygen atoms in total. The molecule has 1 aliphatic heterocycles. The monoisotopic (exact) mass is 468 g/mol. The highest BCUT2D eigenvalue weighted by molar-refractivity contribution is 5.94. The number of carbonyl (C=O) groups excluding carboxylic acids is 2. The van der Waals surface area contributed by atoms with Gasteiger partial charge in [-0.1, -0.05) is 44.2 Å². The van der Waals surface area contributed by atoms with Crippen molar-refractivity contribution in [3.05, 3.63) is 59.7 Å². The number of rotatable bonds is 11. The number of nitrogens with two attached hydrogens (primary N) is 1. The van der Waals surface area contributed by atoms with Gasteiger partial charge in [-0.25, -0.2) is 0 Å². The fourth-order valence-corrected chi connectivity index (χ4v) is 4.53. The zero-order valence-corrected chi connectivity index (χ0v) is 20.2. The summed E-state index contributed by atoms with van der Waals surface area (Å²) in [7, 11) is 1.87. The maximum Gasteiger partial charge on any atom is 0.251 e. The van der Waals surface area contributed by atoms with Crippen molar-refractivity contribution in [3.63, 3.8) is 0 Å². The predicted molar refractivity (Wildman–Crippen MR) is 132 cm³/mol. The Balaban J connectivity index is 1.73. The van der Waals surface area contributed by atoms with Gasteiger partial charge in [0.1, 0.15) is 12.1 Å². The van der Waals surface area contributed by atoms with E-state index >= 15 is 0 Å². The molecule has 0 bridgehead atoms. The average Bonchev–Trinajstić information content (AvgIpc) is 3.21. The number of hydrogen-bond acceptors (Lipinski definition) is 6. The van der Waals surface area contributed by atoms with Gasteiger partial charge >= 0.3 is 0 Å². The number of nitrogens with one attached hydrogen (secondary N) is 2. The number of aliphatic hydroxyl groups excluding tert-OH is 1. The van der Waals surface area contributed by atoms with E-state index in [1.54, 1.807) is 5.06 Å². The van der Waals surface area contributed by atoms with E-state index in [-0.39, 0.29) is 24.5 Å². The van der Waals surface area contributed by atoms with Crippen molar-refractivity contribution in [2.45, 2.75) is 51.4 Å². The maximum atomic E-state index is 12.6. The summed E-state index contributed by atoms with van der Waals surface area (Å²) in [6, 6.07) is 15.0. The normalized spacial score (nSPS) is 21.4. The summed E-state index contributed by atoms with van der Waals surface area (Å²) in [4.78, 5) is 30.5. The maximum absolute atomic E-state index is 12.6. The van der Waals surface area contributed by atoms with Gasteiger partial charge in [0.15, 0.2) is 0 Å². The van der Waals surface area contributed by atoms with E-state index in [9.17, 15) is 14.7 Å². The van der Waals surface area contributed by atoms with Gasteiger partial charge in [-0.05, 0) is 54.8 Å². The molecular weight excluding hydrogens is 432 g/mol. The number of carbonyl (C=O) groups is 2. The van der Waals surface area contributed by atoms with E-state index in [0.717, 1.165) is 29.7 Å². The summed E-state index contributed by atoms with van der Waals surface area (Å²) >= 11 is 0. The molecular formula is C26H36N4O4. The first-order valence-electron chi connectivity index (χ1n) is 11.9. The third-order valence-corrected chi connectivity index (χ3v) is 6.43. The summed E-state index contributed by atoms with van der Waals surface area (Å²) in [6.07, 6.45) is 1.10. The van der Waals surface area contributed by atoms with Crippen molar-refractivity contribution in [3.8, 4) is 11.1 Å². The quantitative estimate of drug-likeness (QED) is 0.401. The fourth-order valence-electron chi connectivity index (χ4n) is 4.53. The summed E-state index contributed by atoms with van der Waals surface area (Å²) in [6.45, 7) is 4.95. The first kappa shape index (κ1) is 25.8. The first-order valence-corrected chi connectivity index (χ1v) is 11.9. The molecule has 4 atom stereocenters. The van der Waals surface area contributed by atoms with Crippen molar-refractivity contribution in [2.24, 2.45) is 11.7 Å². The standard InChI is InChI=1S/C26H36N4O4/c1-4-21(14-28-3)29-26(33)19-11-9-18(10-12-19)20-8-6-7-17(13-20)15-30-24(25(27)32)22(5-2)23(16-31)34-30/h6-13,21-24,28,31H,4-5,14-16H2,1-3H3,(H2,27,32)(H,29,33). The van der Waals surface area contributed by atoms with Crippen molar-refractivity contribution >= 4 is 11.8 Å². The van der Waals surface area contributed by atoms with Crippen molar-refractivity contribution in [1.82, 2.24) is 15.7 Å². The fraction of sp³-hybridized carbons (Fsp3) is 0.462. The molecule has 0 aromatic heterocycles. The number of amides is 2. The lowest BCUT2D eigenvalue weighted by Gasteiger charge is -2.22. The molecule has 0 spiro atoms. The molecule has 184 valence electrons. The third kappa shape index (κ3) is 6.01. The Morgan fingerprint density at radius 3 is 2.47 bits per heavy atom. The summed E-state index contributed by atoms with van der Waals surface area (Å²) in [5.41, 5.74) is 9.21. The number of nitrogens with zero attached hydrogens (tertiary/aromatic N) is 1. The highest BCUT2D eigenvalue weighted by Crippen LogP contribution is 2.32. The van der Waals surface area contributed by atoms with Gasteiger partial charge in [-0.3, -0.25) is 14.4 Å². The Kier molecular flexibility index (Phi) is 9.18. The van der Waals surface area contributed by atoms with Crippen molar-refractivity contribution in [2.75, 3.05) is 20.2 Å². The summed E-state index contributed by atoms with van der Waals surface area (Å²) in [5, 5.41) is 17.4. The van der Waals surface area contributed by atoms with Crippen LogP contribution in [0.1, 0.15) is 42.6 Å². The Morgan fingerprint density at radius 1 is 1.15 bits per heavy atom. The zero-order valence-electron chi connectivity index (χ0n) is 20.2. The molecule has 2 amide bonds. The number of primary amides is 1. The molecule has 1 saturated heterocycles. The molecule has 0 radical (unpaired) electrons. The minimum absolute atomic E-state index is 0.0867. The molecule has 4 unspecified atom stereocenters. The van der Waals surface area contributed by atoms with Crippen LogP contribution in [0.4, 0.5) is 0 Å². The van der Waals surface area contributed by atoms with Crippen LogP contribution in [0.5, 0.6) is 0 Å². The van der Waals surface area contributed by atoms with Crippen molar-refractivity contribution in [1.29, 1.82) is 0 Å². The van der Waals surface area contributed by atoms with Gasteiger partial charge in [-0.15, -0.1) is 0 Å². The minimum Gasteiger partial charge on any atom is -0.394 e. The lowest BCUT2D eigenvalue weighted by Crippen LogP contribution is -2.43. The number of hydroxylamine groups is 2. The Morgan fingerprint density at radius 2 is 1.88 bits per heavy atom.